The number of aliphatic imine (C=N–C) groups is 1. The zero-order valence-electron chi connectivity index (χ0n) is 17.2. The smallest absolute Gasteiger partial charge is 0.191 e. The maximum atomic E-state index is 13.6. The highest BCUT2D eigenvalue weighted by Gasteiger charge is 2.31. The average Bonchev–Trinajstić information content (AvgIpc) is 3.23. The number of benzene rings is 1. The van der Waals surface area contributed by atoms with Gasteiger partial charge in [0, 0.05) is 30.6 Å². The van der Waals surface area contributed by atoms with Gasteiger partial charge in [0.1, 0.15) is 12.4 Å². The highest BCUT2D eigenvalue weighted by atomic mass is 127. The van der Waals surface area contributed by atoms with Crippen molar-refractivity contribution in [3.05, 3.63) is 52.2 Å². The van der Waals surface area contributed by atoms with Crippen molar-refractivity contribution >= 4 is 41.3 Å². The molecule has 0 radical (unpaired) electrons. The SMILES string of the molecule is CN=C(NCCOc1ccc(F)cc1F)NCC1CCCN(C)C1c1cccs1.I. The van der Waals surface area contributed by atoms with E-state index in [0.717, 1.165) is 19.2 Å². The van der Waals surface area contributed by atoms with Crippen molar-refractivity contribution in [1.29, 1.82) is 0 Å². The molecule has 1 aromatic heterocycles. The number of hydrogen-bond acceptors (Lipinski definition) is 4. The molecule has 30 heavy (non-hydrogen) atoms. The molecule has 0 aliphatic carbocycles. The summed E-state index contributed by atoms with van der Waals surface area (Å²) in [5.41, 5.74) is 0. The molecule has 2 unspecified atom stereocenters. The van der Waals surface area contributed by atoms with Crippen molar-refractivity contribution < 1.29 is 13.5 Å². The molecular formula is C21H29F2IN4OS. The second kappa shape index (κ2) is 12.4. The van der Waals surface area contributed by atoms with E-state index in [1.165, 1.54) is 29.9 Å². The quantitative estimate of drug-likeness (QED) is 0.234. The first kappa shape index (κ1) is 24.8. The van der Waals surface area contributed by atoms with Gasteiger partial charge in [0.2, 0.25) is 0 Å². The van der Waals surface area contributed by atoms with Gasteiger partial charge in [0.15, 0.2) is 17.5 Å². The van der Waals surface area contributed by atoms with Crippen molar-refractivity contribution in [2.75, 3.05) is 40.3 Å². The Morgan fingerprint density at radius 2 is 2.13 bits per heavy atom. The summed E-state index contributed by atoms with van der Waals surface area (Å²) in [6, 6.07) is 8.02. The number of hydrogen-bond donors (Lipinski definition) is 2. The Labute approximate surface area is 197 Å². The number of ether oxygens (including phenoxy) is 1. The Hall–Kier alpha value is -1.46. The molecule has 2 heterocycles. The zero-order chi connectivity index (χ0) is 20.6. The summed E-state index contributed by atoms with van der Waals surface area (Å²) in [7, 11) is 3.91. The maximum absolute atomic E-state index is 13.6. The van der Waals surface area contributed by atoms with Crippen LogP contribution in [-0.2, 0) is 0 Å². The number of nitrogens with one attached hydrogen (secondary N) is 2. The third kappa shape index (κ3) is 6.78. The number of likely N-dealkylation sites (tertiary alicyclic amines) is 1. The minimum absolute atomic E-state index is 0. The average molecular weight is 550 g/mol. The highest BCUT2D eigenvalue weighted by molar-refractivity contribution is 14.0. The van der Waals surface area contributed by atoms with E-state index in [2.05, 4.69) is 45.1 Å². The molecule has 166 valence electrons. The van der Waals surface area contributed by atoms with Gasteiger partial charge in [0.05, 0.1) is 6.54 Å². The predicted molar refractivity (Wildman–Crippen MR) is 129 cm³/mol. The molecule has 2 atom stereocenters. The lowest BCUT2D eigenvalue weighted by Gasteiger charge is -2.39. The Morgan fingerprint density at radius 3 is 2.83 bits per heavy atom. The van der Waals surface area contributed by atoms with Crippen LogP contribution in [0, 0.1) is 17.6 Å². The lowest BCUT2D eigenvalue weighted by Crippen LogP contribution is -2.45. The number of nitrogens with zero attached hydrogens (tertiary/aromatic N) is 2. The molecule has 1 aliphatic rings. The Kier molecular flexibility index (Phi) is 10.3. The van der Waals surface area contributed by atoms with Crippen LogP contribution in [0.4, 0.5) is 8.78 Å². The molecule has 2 N–H and O–H groups in total. The number of rotatable bonds is 7. The minimum atomic E-state index is -0.700. The van der Waals surface area contributed by atoms with E-state index in [4.69, 9.17) is 4.74 Å². The molecule has 1 aromatic carbocycles. The van der Waals surface area contributed by atoms with Crippen LogP contribution in [0.25, 0.3) is 0 Å². The van der Waals surface area contributed by atoms with E-state index in [1.54, 1.807) is 7.05 Å². The van der Waals surface area contributed by atoms with Crippen molar-refractivity contribution in [3.8, 4) is 5.75 Å². The first-order valence-electron chi connectivity index (χ1n) is 9.84. The second-order valence-electron chi connectivity index (χ2n) is 7.15. The van der Waals surface area contributed by atoms with E-state index in [0.29, 0.717) is 24.5 Å². The molecule has 1 aliphatic heterocycles. The fraction of sp³-hybridized carbons (Fsp3) is 0.476. The van der Waals surface area contributed by atoms with Crippen LogP contribution >= 0.6 is 35.3 Å². The summed E-state index contributed by atoms with van der Waals surface area (Å²) in [5, 5.41) is 8.72. The maximum Gasteiger partial charge on any atom is 0.191 e. The largest absolute Gasteiger partial charge is 0.489 e. The molecule has 5 nitrogen and oxygen atoms in total. The van der Waals surface area contributed by atoms with Gasteiger partial charge < -0.3 is 15.4 Å². The van der Waals surface area contributed by atoms with Gasteiger partial charge in [0.25, 0.3) is 0 Å². The monoisotopic (exact) mass is 550 g/mol. The summed E-state index contributed by atoms with van der Waals surface area (Å²) >= 11 is 1.81. The van der Waals surface area contributed by atoms with Crippen molar-refractivity contribution in [3.63, 3.8) is 0 Å². The summed E-state index contributed by atoms with van der Waals surface area (Å²) < 4.78 is 31.9. The number of guanidine groups is 1. The van der Waals surface area contributed by atoms with Gasteiger partial charge in [-0.3, -0.25) is 9.89 Å². The number of piperidine rings is 1. The molecule has 0 bridgehead atoms. The third-order valence-corrected chi connectivity index (χ3v) is 6.09. The van der Waals surface area contributed by atoms with E-state index in [-0.39, 0.29) is 36.3 Å². The van der Waals surface area contributed by atoms with Gasteiger partial charge in [-0.2, -0.15) is 0 Å². The fourth-order valence-corrected chi connectivity index (χ4v) is 4.74. The predicted octanol–water partition coefficient (Wildman–Crippen LogP) is 4.27. The van der Waals surface area contributed by atoms with E-state index in [9.17, 15) is 8.78 Å². The first-order chi connectivity index (χ1) is 14.1. The molecule has 0 amide bonds. The van der Waals surface area contributed by atoms with Crippen LogP contribution < -0.4 is 15.4 Å². The molecule has 9 heteroatoms. The fourth-order valence-electron chi connectivity index (χ4n) is 3.75. The zero-order valence-corrected chi connectivity index (χ0v) is 20.4. The van der Waals surface area contributed by atoms with Crippen molar-refractivity contribution in [2.24, 2.45) is 10.9 Å². The van der Waals surface area contributed by atoms with Gasteiger partial charge >= 0.3 is 0 Å². The van der Waals surface area contributed by atoms with Crippen LogP contribution in [0.5, 0.6) is 5.75 Å². The third-order valence-electron chi connectivity index (χ3n) is 5.14. The second-order valence-corrected chi connectivity index (χ2v) is 8.13. The summed E-state index contributed by atoms with van der Waals surface area (Å²) in [6.45, 7) is 2.63. The van der Waals surface area contributed by atoms with Gasteiger partial charge in [-0.05, 0) is 55.9 Å². The first-order valence-corrected chi connectivity index (χ1v) is 10.7. The van der Waals surface area contributed by atoms with Gasteiger partial charge in [-0.15, -0.1) is 35.3 Å². The Bertz CT molecular complexity index is 806. The summed E-state index contributed by atoms with van der Waals surface area (Å²) in [6.07, 6.45) is 2.36. The molecule has 0 spiro atoms. The minimum Gasteiger partial charge on any atom is -0.489 e. The topological polar surface area (TPSA) is 48.9 Å². The molecular weight excluding hydrogens is 521 g/mol. The molecule has 1 saturated heterocycles. The summed E-state index contributed by atoms with van der Waals surface area (Å²) in [5.74, 6) is -0.0950. The van der Waals surface area contributed by atoms with Crippen LogP contribution in [-0.4, -0.2) is 51.2 Å². The molecule has 1 fully saturated rings. The van der Waals surface area contributed by atoms with Crippen molar-refractivity contribution in [2.45, 2.75) is 18.9 Å². The Balaban J connectivity index is 0.00000320. The van der Waals surface area contributed by atoms with Crippen LogP contribution in [0.15, 0.2) is 40.7 Å². The normalized spacial score (nSPS) is 19.8. The van der Waals surface area contributed by atoms with Crippen LogP contribution in [0.2, 0.25) is 0 Å². The lowest BCUT2D eigenvalue weighted by atomic mass is 9.88. The summed E-state index contributed by atoms with van der Waals surface area (Å²) in [4.78, 5) is 8.09. The molecule has 3 rings (SSSR count). The highest BCUT2D eigenvalue weighted by Crippen LogP contribution is 2.36. The van der Waals surface area contributed by atoms with Crippen molar-refractivity contribution in [1.82, 2.24) is 15.5 Å². The molecule has 2 aromatic rings. The van der Waals surface area contributed by atoms with E-state index < -0.39 is 11.6 Å². The van der Waals surface area contributed by atoms with Gasteiger partial charge in [-0.1, -0.05) is 6.07 Å². The molecule has 0 saturated carbocycles. The Morgan fingerprint density at radius 1 is 1.30 bits per heavy atom. The number of halogens is 3. The standard InChI is InChI=1S/C21H28F2N4OS.HI/c1-24-21(25-9-11-28-18-8-7-16(22)13-17(18)23)26-14-15-5-3-10-27(2)20(15)19-6-4-12-29-19;/h4,6-8,12-13,15,20H,3,5,9-11,14H2,1-2H3,(H2,24,25,26);1H. The van der Waals surface area contributed by atoms with E-state index >= 15 is 0 Å². The van der Waals surface area contributed by atoms with Crippen LogP contribution in [0.3, 0.4) is 0 Å². The lowest BCUT2D eigenvalue weighted by molar-refractivity contribution is 0.125. The van der Waals surface area contributed by atoms with Gasteiger partial charge in [-0.25, -0.2) is 8.78 Å². The van der Waals surface area contributed by atoms with Crippen LogP contribution in [0.1, 0.15) is 23.8 Å². The van der Waals surface area contributed by atoms with E-state index in [1.807, 2.05) is 11.3 Å². The number of thiophene rings is 1.